The van der Waals surface area contributed by atoms with Crippen LogP contribution in [0.15, 0.2) is 24.3 Å². The largest absolute Gasteiger partial charge is 0.330 e. The minimum Gasteiger partial charge on any atom is -0.330 e. The number of nitrogens with zero attached hydrogens (tertiary/aromatic N) is 2. The lowest BCUT2D eigenvalue weighted by atomic mass is 10.0. The Morgan fingerprint density at radius 1 is 1.22 bits per heavy atom. The molecule has 2 N–H and O–H groups in total. The van der Waals surface area contributed by atoms with Crippen LogP contribution in [0.4, 0.5) is 0 Å². The second-order valence-corrected chi connectivity index (χ2v) is 4.77. The fourth-order valence-corrected chi connectivity index (χ4v) is 2.54. The first-order valence-corrected chi connectivity index (χ1v) is 6.97. The van der Waals surface area contributed by atoms with Crippen LogP contribution >= 0.6 is 0 Å². The molecular weight excluding hydrogens is 222 g/mol. The van der Waals surface area contributed by atoms with Crippen molar-refractivity contribution in [2.75, 3.05) is 6.54 Å². The molecule has 0 unspecified atom stereocenters. The van der Waals surface area contributed by atoms with E-state index in [0.717, 1.165) is 37.9 Å². The monoisotopic (exact) mass is 245 g/mol. The van der Waals surface area contributed by atoms with Gasteiger partial charge in [-0.05, 0) is 37.9 Å². The van der Waals surface area contributed by atoms with E-state index in [9.17, 15) is 0 Å². The third-order valence-corrected chi connectivity index (χ3v) is 3.62. The van der Waals surface area contributed by atoms with Crippen molar-refractivity contribution in [2.45, 2.75) is 45.6 Å². The lowest BCUT2D eigenvalue weighted by Gasteiger charge is -2.15. The standard InChI is InChI=1S/C15H23N3/c1-3-12(4-2)15-17-13-8-5-6-9-14(13)18(15)11-7-10-16/h5-6,8-9,12H,3-4,7,10-11,16H2,1-2H3. The Labute approximate surface area is 109 Å². The summed E-state index contributed by atoms with van der Waals surface area (Å²) in [6.07, 6.45) is 3.29. The van der Waals surface area contributed by atoms with Gasteiger partial charge in [0.15, 0.2) is 0 Å². The fraction of sp³-hybridized carbons (Fsp3) is 0.533. The van der Waals surface area contributed by atoms with Crippen LogP contribution in [0.25, 0.3) is 11.0 Å². The average molecular weight is 245 g/mol. The van der Waals surface area contributed by atoms with E-state index in [4.69, 9.17) is 10.7 Å². The summed E-state index contributed by atoms with van der Waals surface area (Å²) in [5, 5.41) is 0. The van der Waals surface area contributed by atoms with Crippen LogP contribution in [-0.4, -0.2) is 16.1 Å². The van der Waals surface area contributed by atoms with Gasteiger partial charge in [-0.3, -0.25) is 0 Å². The van der Waals surface area contributed by atoms with Gasteiger partial charge in [0.05, 0.1) is 11.0 Å². The summed E-state index contributed by atoms with van der Waals surface area (Å²) in [6.45, 7) is 6.18. The van der Waals surface area contributed by atoms with Crippen LogP contribution in [0.5, 0.6) is 0 Å². The van der Waals surface area contributed by atoms with Gasteiger partial charge in [-0.1, -0.05) is 26.0 Å². The van der Waals surface area contributed by atoms with Crippen molar-refractivity contribution >= 4 is 11.0 Å². The molecule has 3 heteroatoms. The lowest BCUT2D eigenvalue weighted by molar-refractivity contribution is 0.544. The van der Waals surface area contributed by atoms with Crippen LogP contribution in [0.1, 0.15) is 44.9 Å². The van der Waals surface area contributed by atoms with Crippen molar-refractivity contribution < 1.29 is 0 Å². The zero-order chi connectivity index (χ0) is 13.0. The lowest BCUT2D eigenvalue weighted by Crippen LogP contribution is -2.11. The first-order valence-electron chi connectivity index (χ1n) is 6.97. The van der Waals surface area contributed by atoms with Gasteiger partial charge in [0.1, 0.15) is 5.82 Å². The molecule has 1 aromatic heterocycles. The van der Waals surface area contributed by atoms with Crippen molar-refractivity contribution in [1.82, 2.24) is 9.55 Å². The Morgan fingerprint density at radius 3 is 2.61 bits per heavy atom. The third-order valence-electron chi connectivity index (χ3n) is 3.62. The molecule has 18 heavy (non-hydrogen) atoms. The highest BCUT2D eigenvalue weighted by Gasteiger charge is 2.16. The van der Waals surface area contributed by atoms with Gasteiger partial charge in [0.2, 0.25) is 0 Å². The smallest absolute Gasteiger partial charge is 0.112 e. The minimum atomic E-state index is 0.551. The van der Waals surface area contributed by atoms with Crippen molar-refractivity contribution in [3.8, 4) is 0 Å². The highest BCUT2D eigenvalue weighted by molar-refractivity contribution is 5.76. The number of benzene rings is 1. The van der Waals surface area contributed by atoms with Gasteiger partial charge in [-0.2, -0.15) is 0 Å². The number of aryl methyl sites for hydroxylation is 1. The number of hydrogen-bond acceptors (Lipinski definition) is 2. The summed E-state index contributed by atoms with van der Waals surface area (Å²) in [4.78, 5) is 4.83. The molecule has 0 aliphatic carbocycles. The summed E-state index contributed by atoms with van der Waals surface area (Å²) >= 11 is 0. The molecule has 1 aromatic carbocycles. The summed E-state index contributed by atoms with van der Waals surface area (Å²) in [5.74, 6) is 1.78. The number of para-hydroxylation sites is 2. The van der Waals surface area contributed by atoms with Gasteiger partial charge in [0, 0.05) is 12.5 Å². The van der Waals surface area contributed by atoms with Crippen molar-refractivity contribution in [3.05, 3.63) is 30.1 Å². The molecule has 0 aliphatic heterocycles. The molecule has 2 aromatic rings. The van der Waals surface area contributed by atoms with Crippen LogP contribution in [0.2, 0.25) is 0 Å². The highest BCUT2D eigenvalue weighted by atomic mass is 15.1. The third kappa shape index (κ3) is 2.41. The molecule has 0 saturated heterocycles. The average Bonchev–Trinajstić information content (AvgIpc) is 2.76. The predicted octanol–water partition coefficient (Wildman–Crippen LogP) is 3.29. The second-order valence-electron chi connectivity index (χ2n) is 4.77. The summed E-state index contributed by atoms with van der Waals surface area (Å²) in [6, 6.07) is 8.39. The van der Waals surface area contributed by atoms with Crippen molar-refractivity contribution in [2.24, 2.45) is 5.73 Å². The quantitative estimate of drug-likeness (QED) is 0.848. The summed E-state index contributed by atoms with van der Waals surface area (Å²) < 4.78 is 2.36. The Kier molecular flexibility index (Phi) is 4.37. The van der Waals surface area contributed by atoms with Crippen molar-refractivity contribution in [1.29, 1.82) is 0 Å². The first-order chi connectivity index (χ1) is 8.81. The Hall–Kier alpha value is -1.35. The molecule has 0 aliphatic rings. The highest BCUT2D eigenvalue weighted by Crippen LogP contribution is 2.26. The van der Waals surface area contributed by atoms with E-state index in [1.807, 2.05) is 0 Å². The number of nitrogens with two attached hydrogens (primary N) is 1. The predicted molar refractivity (Wildman–Crippen MR) is 76.7 cm³/mol. The van der Waals surface area contributed by atoms with Crippen LogP contribution < -0.4 is 5.73 Å². The molecule has 2 rings (SSSR count). The minimum absolute atomic E-state index is 0.551. The molecule has 0 spiro atoms. The zero-order valence-corrected chi connectivity index (χ0v) is 11.4. The number of fused-ring (bicyclic) bond motifs is 1. The maximum Gasteiger partial charge on any atom is 0.112 e. The Morgan fingerprint density at radius 2 is 1.94 bits per heavy atom. The van der Waals surface area contributed by atoms with Gasteiger partial charge in [0.25, 0.3) is 0 Å². The number of rotatable bonds is 6. The number of aromatic nitrogens is 2. The SMILES string of the molecule is CCC(CC)c1nc2ccccc2n1CCCN. The van der Waals surface area contributed by atoms with Crippen molar-refractivity contribution in [3.63, 3.8) is 0 Å². The van der Waals surface area contributed by atoms with Crippen LogP contribution in [-0.2, 0) is 6.54 Å². The van der Waals surface area contributed by atoms with Gasteiger partial charge in [-0.25, -0.2) is 4.98 Å². The normalized spacial score (nSPS) is 11.6. The van der Waals surface area contributed by atoms with Gasteiger partial charge < -0.3 is 10.3 Å². The molecule has 0 atom stereocenters. The maximum atomic E-state index is 5.65. The second kappa shape index (κ2) is 6.01. The zero-order valence-electron chi connectivity index (χ0n) is 11.4. The van der Waals surface area contributed by atoms with Gasteiger partial charge >= 0.3 is 0 Å². The summed E-state index contributed by atoms with van der Waals surface area (Å²) in [5.41, 5.74) is 8.00. The van der Waals surface area contributed by atoms with E-state index in [-0.39, 0.29) is 0 Å². The molecule has 0 saturated carbocycles. The van der Waals surface area contributed by atoms with Gasteiger partial charge in [-0.15, -0.1) is 0 Å². The van der Waals surface area contributed by atoms with E-state index in [1.165, 1.54) is 11.3 Å². The van der Waals surface area contributed by atoms with E-state index in [0.29, 0.717) is 5.92 Å². The molecule has 0 fully saturated rings. The molecular formula is C15H23N3. The van der Waals surface area contributed by atoms with Crippen LogP contribution in [0, 0.1) is 0 Å². The number of imidazole rings is 1. The summed E-state index contributed by atoms with van der Waals surface area (Å²) in [7, 11) is 0. The molecule has 0 amide bonds. The first kappa shape index (κ1) is 13.1. The van der Waals surface area contributed by atoms with E-state index < -0.39 is 0 Å². The molecule has 0 bridgehead atoms. The Bertz CT molecular complexity index is 497. The fourth-order valence-electron chi connectivity index (χ4n) is 2.54. The number of hydrogen-bond donors (Lipinski definition) is 1. The van der Waals surface area contributed by atoms with E-state index in [2.05, 4.69) is 42.7 Å². The molecule has 98 valence electrons. The molecule has 0 radical (unpaired) electrons. The van der Waals surface area contributed by atoms with E-state index in [1.54, 1.807) is 0 Å². The topological polar surface area (TPSA) is 43.8 Å². The Balaban J connectivity index is 2.48. The molecule has 1 heterocycles. The van der Waals surface area contributed by atoms with E-state index >= 15 is 0 Å². The van der Waals surface area contributed by atoms with Crippen LogP contribution in [0.3, 0.4) is 0 Å². The maximum absolute atomic E-state index is 5.65. The molecule has 3 nitrogen and oxygen atoms in total.